The number of para-hydroxylation sites is 1. The smallest absolute Gasteiger partial charge is 0.124 e. The van der Waals surface area contributed by atoms with Crippen molar-refractivity contribution >= 4 is 5.69 Å². The second-order valence-electron chi connectivity index (χ2n) is 5.37. The summed E-state index contributed by atoms with van der Waals surface area (Å²) >= 11 is 0. The Morgan fingerprint density at radius 1 is 1.05 bits per heavy atom. The van der Waals surface area contributed by atoms with E-state index in [0.717, 1.165) is 22.6 Å². The maximum atomic E-state index is 9.87. The molecule has 2 unspecified atom stereocenters. The van der Waals surface area contributed by atoms with E-state index in [9.17, 15) is 5.11 Å². The van der Waals surface area contributed by atoms with E-state index in [1.54, 1.807) is 14.0 Å². The monoisotopic (exact) mass is 285 g/mol. The first-order valence-corrected chi connectivity index (χ1v) is 7.21. The van der Waals surface area contributed by atoms with Crippen LogP contribution in [0.1, 0.15) is 42.7 Å². The quantitative estimate of drug-likeness (QED) is 0.863. The summed E-state index contributed by atoms with van der Waals surface area (Å²) in [6.07, 6.45) is -0.500. The van der Waals surface area contributed by atoms with Gasteiger partial charge in [0.15, 0.2) is 0 Å². The Morgan fingerprint density at radius 3 is 2.43 bits per heavy atom. The van der Waals surface area contributed by atoms with Gasteiger partial charge in [0.1, 0.15) is 5.75 Å². The molecule has 0 saturated carbocycles. The number of ether oxygens (including phenoxy) is 1. The molecule has 3 nitrogen and oxygen atoms in total. The number of benzene rings is 2. The van der Waals surface area contributed by atoms with Crippen LogP contribution in [0.4, 0.5) is 5.69 Å². The lowest BCUT2D eigenvalue weighted by Gasteiger charge is -2.21. The lowest BCUT2D eigenvalue weighted by Crippen LogP contribution is -2.10. The van der Waals surface area contributed by atoms with E-state index in [1.165, 1.54) is 5.56 Å². The minimum absolute atomic E-state index is 0.0831. The van der Waals surface area contributed by atoms with Crippen LogP contribution in [0.3, 0.4) is 0 Å². The fraction of sp³-hybridized carbons (Fsp3) is 0.333. The third kappa shape index (κ3) is 3.56. The van der Waals surface area contributed by atoms with Crippen molar-refractivity contribution in [3.05, 3.63) is 59.2 Å². The molecule has 0 aliphatic rings. The van der Waals surface area contributed by atoms with Gasteiger partial charge in [-0.15, -0.1) is 0 Å². The van der Waals surface area contributed by atoms with E-state index < -0.39 is 6.10 Å². The zero-order valence-electron chi connectivity index (χ0n) is 13.1. The maximum Gasteiger partial charge on any atom is 0.124 e. The topological polar surface area (TPSA) is 41.5 Å². The highest BCUT2D eigenvalue weighted by molar-refractivity contribution is 5.54. The molecule has 0 bridgehead atoms. The molecule has 2 N–H and O–H groups in total. The second kappa shape index (κ2) is 6.64. The van der Waals surface area contributed by atoms with E-state index in [-0.39, 0.29) is 6.04 Å². The summed E-state index contributed by atoms with van der Waals surface area (Å²) < 4.78 is 5.45. The average molecular weight is 285 g/mol. The summed E-state index contributed by atoms with van der Waals surface area (Å²) in [6.45, 7) is 5.94. The van der Waals surface area contributed by atoms with Crippen LogP contribution in [-0.2, 0) is 0 Å². The summed E-state index contributed by atoms with van der Waals surface area (Å²) in [4.78, 5) is 0. The largest absolute Gasteiger partial charge is 0.496 e. The first-order valence-electron chi connectivity index (χ1n) is 7.21. The first-order chi connectivity index (χ1) is 10.0. The zero-order valence-corrected chi connectivity index (χ0v) is 13.1. The zero-order chi connectivity index (χ0) is 15.4. The van der Waals surface area contributed by atoms with E-state index in [1.807, 2.05) is 36.4 Å². The van der Waals surface area contributed by atoms with Crippen molar-refractivity contribution in [1.29, 1.82) is 0 Å². The number of anilines is 1. The van der Waals surface area contributed by atoms with Crippen molar-refractivity contribution in [3.63, 3.8) is 0 Å². The molecule has 21 heavy (non-hydrogen) atoms. The van der Waals surface area contributed by atoms with Crippen LogP contribution in [0.2, 0.25) is 0 Å². The van der Waals surface area contributed by atoms with Gasteiger partial charge >= 0.3 is 0 Å². The molecule has 3 heteroatoms. The normalized spacial score (nSPS) is 13.6. The Bertz CT molecular complexity index is 608. The SMILES string of the molecule is COc1ccc(C)cc1C(C)Nc1ccccc1C(C)O. The summed E-state index contributed by atoms with van der Waals surface area (Å²) in [6, 6.07) is 14.1. The molecule has 0 amide bonds. The van der Waals surface area contributed by atoms with Crippen LogP contribution in [0.25, 0.3) is 0 Å². The van der Waals surface area contributed by atoms with Crippen LogP contribution in [0.15, 0.2) is 42.5 Å². The Labute approximate surface area is 126 Å². The molecule has 0 aliphatic carbocycles. The minimum atomic E-state index is -0.500. The molecule has 0 saturated heterocycles. The summed E-state index contributed by atoms with van der Waals surface area (Å²) in [5, 5.41) is 13.3. The fourth-order valence-electron chi connectivity index (χ4n) is 2.50. The molecular formula is C18H23NO2. The highest BCUT2D eigenvalue weighted by Crippen LogP contribution is 2.31. The van der Waals surface area contributed by atoms with Crippen molar-refractivity contribution in [3.8, 4) is 5.75 Å². The van der Waals surface area contributed by atoms with Gasteiger partial charge in [-0.05, 0) is 32.9 Å². The van der Waals surface area contributed by atoms with Crippen LogP contribution in [-0.4, -0.2) is 12.2 Å². The van der Waals surface area contributed by atoms with E-state index >= 15 is 0 Å². The lowest BCUT2D eigenvalue weighted by molar-refractivity contribution is 0.200. The second-order valence-corrected chi connectivity index (χ2v) is 5.37. The van der Waals surface area contributed by atoms with Crippen molar-refractivity contribution < 1.29 is 9.84 Å². The number of hydrogen-bond acceptors (Lipinski definition) is 3. The molecule has 2 rings (SSSR count). The third-order valence-electron chi connectivity index (χ3n) is 3.63. The number of aryl methyl sites for hydroxylation is 1. The molecular weight excluding hydrogens is 262 g/mol. The number of hydrogen-bond donors (Lipinski definition) is 2. The van der Waals surface area contributed by atoms with Crippen molar-refractivity contribution in [2.24, 2.45) is 0 Å². The summed E-state index contributed by atoms with van der Waals surface area (Å²) in [5.74, 6) is 0.870. The van der Waals surface area contributed by atoms with Gasteiger partial charge < -0.3 is 15.2 Å². The van der Waals surface area contributed by atoms with Gasteiger partial charge in [0.05, 0.1) is 19.3 Å². The molecule has 0 fully saturated rings. The molecule has 0 aromatic heterocycles. The fourth-order valence-corrected chi connectivity index (χ4v) is 2.50. The molecule has 2 aromatic rings. The number of nitrogens with one attached hydrogen (secondary N) is 1. The lowest BCUT2D eigenvalue weighted by atomic mass is 10.0. The van der Waals surface area contributed by atoms with Gasteiger partial charge in [-0.2, -0.15) is 0 Å². The van der Waals surface area contributed by atoms with Crippen molar-refractivity contribution in [2.75, 3.05) is 12.4 Å². The van der Waals surface area contributed by atoms with Crippen LogP contribution in [0, 0.1) is 6.92 Å². The van der Waals surface area contributed by atoms with E-state index in [0.29, 0.717) is 0 Å². The van der Waals surface area contributed by atoms with Crippen LogP contribution < -0.4 is 10.1 Å². The Morgan fingerprint density at radius 2 is 1.76 bits per heavy atom. The standard InChI is InChI=1S/C18H23NO2/c1-12-9-10-18(21-4)16(11-12)13(2)19-17-8-6-5-7-15(17)14(3)20/h5-11,13-14,19-20H,1-4H3. The Balaban J connectivity index is 2.30. The molecule has 0 heterocycles. The molecule has 2 atom stereocenters. The Hall–Kier alpha value is -2.00. The van der Waals surface area contributed by atoms with Crippen LogP contribution >= 0.6 is 0 Å². The third-order valence-corrected chi connectivity index (χ3v) is 3.63. The summed E-state index contributed by atoms with van der Waals surface area (Å²) in [7, 11) is 1.69. The van der Waals surface area contributed by atoms with Gasteiger partial charge in [-0.3, -0.25) is 0 Å². The number of aliphatic hydroxyl groups is 1. The molecule has 112 valence electrons. The molecule has 0 aliphatic heterocycles. The summed E-state index contributed by atoms with van der Waals surface area (Å²) in [5.41, 5.74) is 4.15. The van der Waals surface area contributed by atoms with Gasteiger partial charge in [-0.25, -0.2) is 0 Å². The van der Waals surface area contributed by atoms with Crippen LogP contribution in [0.5, 0.6) is 5.75 Å². The van der Waals surface area contributed by atoms with Gasteiger partial charge in [0, 0.05) is 16.8 Å². The number of aliphatic hydroxyl groups excluding tert-OH is 1. The molecule has 2 aromatic carbocycles. The minimum Gasteiger partial charge on any atom is -0.496 e. The number of rotatable bonds is 5. The first kappa shape index (κ1) is 15.4. The molecule has 0 radical (unpaired) electrons. The highest BCUT2D eigenvalue weighted by Gasteiger charge is 2.14. The van der Waals surface area contributed by atoms with Gasteiger partial charge in [0.2, 0.25) is 0 Å². The predicted molar refractivity (Wildman–Crippen MR) is 86.8 cm³/mol. The van der Waals surface area contributed by atoms with Crippen molar-refractivity contribution in [2.45, 2.75) is 32.9 Å². The van der Waals surface area contributed by atoms with Gasteiger partial charge in [-0.1, -0.05) is 35.9 Å². The van der Waals surface area contributed by atoms with E-state index in [2.05, 4.69) is 25.2 Å². The van der Waals surface area contributed by atoms with E-state index in [4.69, 9.17) is 4.74 Å². The maximum absolute atomic E-state index is 9.87. The Kier molecular flexibility index (Phi) is 4.86. The predicted octanol–water partition coefficient (Wildman–Crippen LogP) is 4.23. The highest BCUT2D eigenvalue weighted by atomic mass is 16.5. The average Bonchev–Trinajstić information content (AvgIpc) is 2.47. The van der Waals surface area contributed by atoms with Crippen molar-refractivity contribution in [1.82, 2.24) is 0 Å². The number of methoxy groups -OCH3 is 1. The molecule has 0 spiro atoms. The van der Waals surface area contributed by atoms with Gasteiger partial charge in [0.25, 0.3) is 0 Å².